The molecule has 1 aliphatic heterocycles. The normalized spacial score (nSPS) is 20.3. The zero-order valence-corrected chi connectivity index (χ0v) is 19.3. The zero-order valence-electron chi connectivity index (χ0n) is 19.3. The number of anilines is 1. The molecule has 0 spiro atoms. The summed E-state index contributed by atoms with van der Waals surface area (Å²) in [6.07, 6.45) is 9.61. The molecule has 33 heavy (non-hydrogen) atoms. The lowest BCUT2D eigenvalue weighted by Gasteiger charge is -2.20. The molecule has 1 fully saturated rings. The number of aliphatic hydroxyl groups excluding tert-OH is 1. The molecule has 3 aliphatic rings. The predicted octanol–water partition coefficient (Wildman–Crippen LogP) is 3.10. The van der Waals surface area contributed by atoms with Gasteiger partial charge in [0.1, 0.15) is 12.7 Å². The molecule has 3 N–H and O–H groups in total. The highest BCUT2D eigenvalue weighted by molar-refractivity contribution is 5.80. The van der Waals surface area contributed by atoms with Gasteiger partial charge in [0.2, 0.25) is 0 Å². The number of hydrogen-bond acceptors (Lipinski definition) is 7. The number of fused-ring (bicyclic) bond motifs is 3. The van der Waals surface area contributed by atoms with Crippen LogP contribution >= 0.6 is 0 Å². The number of allylic oxidation sites excluding steroid dienone is 2. The first kappa shape index (κ1) is 22.0. The van der Waals surface area contributed by atoms with Crippen LogP contribution in [0.4, 0.5) is 5.82 Å². The molecule has 5 rings (SSSR count). The number of aliphatic hydroxyl groups is 1. The molecule has 0 bridgehead atoms. The van der Waals surface area contributed by atoms with Crippen LogP contribution in [0.5, 0.6) is 11.5 Å². The number of methoxy groups -OCH3 is 2. The maximum atomic E-state index is 10.4. The van der Waals surface area contributed by atoms with Crippen LogP contribution in [0, 0.1) is 0 Å². The van der Waals surface area contributed by atoms with Gasteiger partial charge >= 0.3 is 0 Å². The summed E-state index contributed by atoms with van der Waals surface area (Å²) in [6, 6.07) is 4.02. The predicted molar refractivity (Wildman–Crippen MR) is 127 cm³/mol. The van der Waals surface area contributed by atoms with Gasteiger partial charge in [-0.1, -0.05) is 12.2 Å². The number of aromatic amines is 1. The van der Waals surface area contributed by atoms with Gasteiger partial charge < -0.3 is 29.5 Å². The van der Waals surface area contributed by atoms with Crippen LogP contribution in [-0.4, -0.2) is 72.9 Å². The Kier molecular flexibility index (Phi) is 6.39. The molecular weight excluding hydrogens is 420 g/mol. The van der Waals surface area contributed by atoms with E-state index in [1.165, 1.54) is 12.8 Å². The van der Waals surface area contributed by atoms with Crippen LogP contribution < -0.4 is 14.8 Å². The third kappa shape index (κ3) is 4.64. The summed E-state index contributed by atoms with van der Waals surface area (Å²) in [5.74, 6) is 2.15. The molecule has 1 aromatic heterocycles. The van der Waals surface area contributed by atoms with E-state index in [0.717, 1.165) is 59.8 Å². The Balaban J connectivity index is 1.29. The highest BCUT2D eigenvalue weighted by Gasteiger charge is 2.28. The number of β-amino-alcohol motifs (C(OH)–C–C–N with tert-alkyl or cyclic N) is 1. The van der Waals surface area contributed by atoms with Crippen LogP contribution in [0.3, 0.4) is 0 Å². The topological polar surface area (TPSA) is 91.9 Å². The Hall–Kier alpha value is -2.81. The first-order valence-corrected chi connectivity index (χ1v) is 11.6. The molecule has 0 amide bonds. The van der Waals surface area contributed by atoms with E-state index in [1.807, 2.05) is 24.3 Å². The fourth-order valence-electron chi connectivity index (χ4n) is 4.86. The average molecular weight is 453 g/mol. The van der Waals surface area contributed by atoms with Crippen LogP contribution in [0.25, 0.3) is 11.3 Å². The minimum absolute atomic E-state index is 0.0754. The van der Waals surface area contributed by atoms with Crippen LogP contribution in [0.2, 0.25) is 0 Å². The molecule has 1 aromatic carbocycles. The molecule has 176 valence electrons. The lowest BCUT2D eigenvalue weighted by atomic mass is 10.1. The Morgan fingerprint density at radius 1 is 1.24 bits per heavy atom. The van der Waals surface area contributed by atoms with Crippen molar-refractivity contribution >= 4 is 5.82 Å². The second-order valence-corrected chi connectivity index (χ2v) is 8.92. The fourth-order valence-corrected chi connectivity index (χ4v) is 4.86. The van der Waals surface area contributed by atoms with Gasteiger partial charge in [0.25, 0.3) is 0 Å². The monoisotopic (exact) mass is 452 g/mol. The molecule has 2 aromatic rings. The van der Waals surface area contributed by atoms with Gasteiger partial charge in [-0.25, -0.2) is 0 Å². The molecule has 2 atom stereocenters. The zero-order chi connectivity index (χ0) is 22.8. The van der Waals surface area contributed by atoms with Gasteiger partial charge in [0.15, 0.2) is 17.3 Å². The minimum atomic E-state index is -0.525. The summed E-state index contributed by atoms with van der Waals surface area (Å²) in [7, 11) is 3.36. The van der Waals surface area contributed by atoms with E-state index >= 15 is 0 Å². The van der Waals surface area contributed by atoms with Crippen LogP contribution in [-0.2, 0) is 11.2 Å². The maximum absolute atomic E-state index is 10.4. The Bertz CT molecular complexity index is 1050. The molecule has 2 heterocycles. The molecule has 8 heteroatoms. The first-order valence-electron chi connectivity index (χ1n) is 11.6. The number of hydrogen-bond donors (Lipinski definition) is 3. The van der Waals surface area contributed by atoms with E-state index in [0.29, 0.717) is 18.0 Å². The van der Waals surface area contributed by atoms with E-state index in [9.17, 15) is 5.11 Å². The number of likely N-dealkylation sites (tertiary alicyclic amines) is 1. The molecule has 0 radical (unpaired) electrons. The van der Waals surface area contributed by atoms with Crippen LogP contribution in [0.15, 0.2) is 36.1 Å². The number of aromatic nitrogens is 2. The molecular formula is C25H32N4O4. The van der Waals surface area contributed by atoms with Crippen molar-refractivity contribution < 1.29 is 19.3 Å². The van der Waals surface area contributed by atoms with Gasteiger partial charge in [-0.15, -0.1) is 0 Å². The fraction of sp³-hybridized carbons (Fsp3) is 0.480. The summed E-state index contributed by atoms with van der Waals surface area (Å²) in [6.45, 7) is 3.00. The van der Waals surface area contributed by atoms with Crippen molar-refractivity contribution in [2.24, 2.45) is 0 Å². The number of nitrogens with one attached hydrogen (secondary N) is 2. The highest BCUT2D eigenvalue weighted by atomic mass is 16.5. The number of rotatable bonds is 9. The van der Waals surface area contributed by atoms with Gasteiger partial charge in [0.05, 0.1) is 18.9 Å². The number of nitrogens with zero attached hydrogens (tertiary/aromatic N) is 2. The highest BCUT2D eigenvalue weighted by Crippen LogP contribution is 2.44. The maximum Gasteiger partial charge on any atom is 0.161 e. The number of H-pyrrole nitrogens is 1. The number of benzene rings is 1. The second kappa shape index (κ2) is 9.59. The molecule has 8 nitrogen and oxygen atoms in total. The molecule has 0 saturated carbocycles. The summed E-state index contributed by atoms with van der Waals surface area (Å²) in [5, 5.41) is 21.6. The van der Waals surface area contributed by atoms with E-state index in [1.54, 1.807) is 14.2 Å². The van der Waals surface area contributed by atoms with E-state index in [-0.39, 0.29) is 12.7 Å². The third-order valence-electron chi connectivity index (χ3n) is 6.62. The van der Waals surface area contributed by atoms with Crippen molar-refractivity contribution in [2.45, 2.75) is 37.9 Å². The Morgan fingerprint density at radius 2 is 2.09 bits per heavy atom. The SMILES string of the molecule is COc1cc2c(cc1OCC(O)CN1CCCC1)Cc1c(NC3=CC=CC(OC)C3)n[nH]c1-2. The lowest BCUT2D eigenvalue weighted by Crippen LogP contribution is -2.33. The quantitative estimate of drug-likeness (QED) is 0.460. The van der Waals surface area contributed by atoms with Crippen LogP contribution in [0.1, 0.15) is 30.4 Å². The van der Waals surface area contributed by atoms with Gasteiger partial charge in [-0.2, -0.15) is 5.10 Å². The lowest BCUT2D eigenvalue weighted by molar-refractivity contribution is 0.0747. The van der Waals surface area contributed by atoms with Gasteiger partial charge in [-0.3, -0.25) is 5.10 Å². The molecule has 2 unspecified atom stereocenters. The summed E-state index contributed by atoms with van der Waals surface area (Å²) in [5.41, 5.74) is 5.42. The van der Waals surface area contributed by atoms with E-state index < -0.39 is 6.10 Å². The average Bonchev–Trinajstić information content (AvgIpc) is 3.55. The first-order chi connectivity index (χ1) is 16.1. The van der Waals surface area contributed by atoms with Crippen molar-refractivity contribution in [3.05, 3.63) is 47.2 Å². The molecule has 1 saturated heterocycles. The van der Waals surface area contributed by atoms with Gasteiger partial charge in [-0.05, 0) is 49.7 Å². The van der Waals surface area contributed by atoms with Crippen molar-refractivity contribution in [3.8, 4) is 22.8 Å². The third-order valence-corrected chi connectivity index (χ3v) is 6.62. The van der Waals surface area contributed by atoms with Crippen molar-refractivity contribution in [1.29, 1.82) is 0 Å². The Labute approximate surface area is 194 Å². The number of ether oxygens (including phenoxy) is 3. The minimum Gasteiger partial charge on any atom is -0.493 e. The Morgan fingerprint density at radius 3 is 2.88 bits per heavy atom. The van der Waals surface area contributed by atoms with Gasteiger partial charge in [0, 0.05) is 43.3 Å². The smallest absolute Gasteiger partial charge is 0.161 e. The van der Waals surface area contributed by atoms with Crippen molar-refractivity contribution in [2.75, 3.05) is 45.8 Å². The standard InChI is InChI=1S/C25H32N4O4/c1-31-19-7-5-6-17(12-19)26-25-21-10-16-11-23(22(32-2)13-20(16)24(21)27-28-25)33-15-18(30)14-29-8-3-4-9-29/h5-7,11,13,18-19,30H,3-4,8-10,12,14-15H2,1-2H3,(H2,26,27,28). The van der Waals surface area contributed by atoms with Crippen molar-refractivity contribution in [1.82, 2.24) is 15.1 Å². The second-order valence-electron chi connectivity index (χ2n) is 8.92. The largest absolute Gasteiger partial charge is 0.493 e. The summed E-state index contributed by atoms with van der Waals surface area (Å²) in [4.78, 5) is 2.29. The summed E-state index contributed by atoms with van der Waals surface area (Å²) >= 11 is 0. The summed E-state index contributed by atoms with van der Waals surface area (Å²) < 4.78 is 17.1. The van der Waals surface area contributed by atoms with E-state index in [4.69, 9.17) is 14.2 Å². The van der Waals surface area contributed by atoms with Crippen molar-refractivity contribution in [3.63, 3.8) is 0 Å². The molecule has 2 aliphatic carbocycles. The van der Waals surface area contributed by atoms with E-state index in [2.05, 4.69) is 26.5 Å².